The van der Waals surface area contributed by atoms with E-state index in [2.05, 4.69) is 11.0 Å². The second kappa shape index (κ2) is 8.62. The molecule has 1 atom stereocenters. The van der Waals surface area contributed by atoms with Gasteiger partial charge in [0.05, 0.1) is 28.8 Å². The maximum Gasteiger partial charge on any atom is 0.255 e. The number of hydrogen-bond donors (Lipinski definition) is 0. The Balaban J connectivity index is 1.67. The number of methoxy groups -OCH3 is 1. The monoisotopic (exact) mass is 403 g/mol. The highest BCUT2D eigenvalue weighted by Gasteiger charge is 2.28. The third kappa shape index (κ3) is 4.19. The maximum atomic E-state index is 12.7. The minimum Gasteiger partial charge on any atom is -0.497 e. The fraction of sp³-hybridized carbons (Fsp3) is 0.300. The molecule has 0 bridgehead atoms. The van der Waals surface area contributed by atoms with E-state index in [-0.39, 0.29) is 17.0 Å². The van der Waals surface area contributed by atoms with E-state index in [4.69, 9.17) is 27.9 Å². The fourth-order valence-electron chi connectivity index (χ4n) is 3.18. The van der Waals surface area contributed by atoms with E-state index in [1.165, 1.54) is 0 Å². The van der Waals surface area contributed by atoms with Crippen molar-refractivity contribution in [3.63, 3.8) is 0 Å². The Bertz CT molecular complexity index is 857. The molecule has 1 aliphatic heterocycles. The number of piperazine rings is 1. The number of nitrogens with zero attached hydrogens (tertiary/aromatic N) is 3. The molecule has 1 amide bonds. The smallest absolute Gasteiger partial charge is 0.255 e. The predicted molar refractivity (Wildman–Crippen MR) is 105 cm³/mol. The summed E-state index contributed by atoms with van der Waals surface area (Å²) in [6.45, 7) is 2.26. The average molecular weight is 404 g/mol. The summed E-state index contributed by atoms with van der Waals surface area (Å²) in [7, 11) is 1.61. The number of rotatable bonds is 4. The molecule has 0 aromatic heterocycles. The Morgan fingerprint density at radius 3 is 2.37 bits per heavy atom. The van der Waals surface area contributed by atoms with Crippen LogP contribution in [0.15, 0.2) is 42.5 Å². The van der Waals surface area contributed by atoms with Gasteiger partial charge in [0.15, 0.2) is 0 Å². The molecule has 140 valence electrons. The highest BCUT2D eigenvalue weighted by Crippen LogP contribution is 2.28. The van der Waals surface area contributed by atoms with Gasteiger partial charge < -0.3 is 9.64 Å². The molecule has 2 aromatic carbocycles. The van der Waals surface area contributed by atoms with Gasteiger partial charge in [0.2, 0.25) is 0 Å². The largest absolute Gasteiger partial charge is 0.497 e. The van der Waals surface area contributed by atoms with E-state index in [1.807, 2.05) is 24.3 Å². The zero-order valence-electron chi connectivity index (χ0n) is 14.9. The zero-order valence-corrected chi connectivity index (χ0v) is 16.4. The Morgan fingerprint density at radius 2 is 1.78 bits per heavy atom. The van der Waals surface area contributed by atoms with Gasteiger partial charge in [-0.2, -0.15) is 5.26 Å². The Hall–Kier alpha value is -2.26. The number of amides is 1. The van der Waals surface area contributed by atoms with Crippen LogP contribution in [0.5, 0.6) is 5.75 Å². The van der Waals surface area contributed by atoms with E-state index in [0.29, 0.717) is 36.8 Å². The molecule has 0 radical (unpaired) electrons. The molecule has 0 saturated carbocycles. The summed E-state index contributed by atoms with van der Waals surface area (Å²) in [5.74, 6) is 0.615. The minimum absolute atomic E-state index is 0.139. The first kappa shape index (κ1) is 19.5. The van der Waals surface area contributed by atoms with Crippen molar-refractivity contribution in [1.29, 1.82) is 5.26 Å². The molecule has 1 fully saturated rings. The summed E-state index contributed by atoms with van der Waals surface area (Å²) in [4.78, 5) is 16.6. The second-order valence-electron chi connectivity index (χ2n) is 6.23. The van der Waals surface area contributed by atoms with E-state index >= 15 is 0 Å². The topological polar surface area (TPSA) is 56.6 Å². The lowest BCUT2D eigenvalue weighted by molar-refractivity contribution is 0.0606. The van der Waals surface area contributed by atoms with Gasteiger partial charge in [-0.3, -0.25) is 9.69 Å². The number of ether oxygens (including phenoxy) is 1. The lowest BCUT2D eigenvalue weighted by atomic mass is 10.1. The molecular formula is C20H19Cl2N3O2. The first-order chi connectivity index (χ1) is 13.0. The van der Waals surface area contributed by atoms with Crippen LogP contribution in [0.3, 0.4) is 0 Å². The Kier molecular flexibility index (Phi) is 6.22. The van der Waals surface area contributed by atoms with Crippen LogP contribution in [-0.4, -0.2) is 49.0 Å². The van der Waals surface area contributed by atoms with Crippen molar-refractivity contribution in [3.05, 3.63) is 63.6 Å². The van der Waals surface area contributed by atoms with Gasteiger partial charge >= 0.3 is 0 Å². The van der Waals surface area contributed by atoms with Gasteiger partial charge in [-0.1, -0.05) is 41.4 Å². The van der Waals surface area contributed by atoms with Crippen molar-refractivity contribution in [2.45, 2.75) is 6.04 Å². The van der Waals surface area contributed by atoms with Gasteiger partial charge in [0.1, 0.15) is 11.8 Å². The van der Waals surface area contributed by atoms with Crippen molar-refractivity contribution in [3.8, 4) is 11.8 Å². The SMILES string of the molecule is COc1ccc(C(C#N)N2CCN(C(=O)c3cccc(Cl)c3Cl)CC2)cc1. The van der Waals surface area contributed by atoms with Crippen molar-refractivity contribution in [1.82, 2.24) is 9.80 Å². The van der Waals surface area contributed by atoms with Crippen LogP contribution in [0.2, 0.25) is 10.0 Å². The quantitative estimate of drug-likeness (QED) is 0.773. The minimum atomic E-state index is -0.358. The molecule has 0 aliphatic carbocycles. The summed E-state index contributed by atoms with van der Waals surface area (Å²) in [6, 6.07) is 14.5. The zero-order chi connectivity index (χ0) is 19.4. The molecular weight excluding hydrogens is 385 g/mol. The number of carbonyl (C=O) groups excluding carboxylic acids is 1. The van der Waals surface area contributed by atoms with Crippen LogP contribution in [0.4, 0.5) is 0 Å². The van der Waals surface area contributed by atoms with E-state index < -0.39 is 0 Å². The number of benzene rings is 2. The maximum absolute atomic E-state index is 12.7. The predicted octanol–water partition coefficient (Wildman–Crippen LogP) is 4.02. The lowest BCUT2D eigenvalue weighted by Crippen LogP contribution is -2.49. The number of carbonyl (C=O) groups is 1. The summed E-state index contributed by atoms with van der Waals surface area (Å²) in [5.41, 5.74) is 1.32. The summed E-state index contributed by atoms with van der Waals surface area (Å²) in [5, 5.41) is 10.3. The molecule has 0 N–H and O–H groups in total. The third-order valence-electron chi connectivity index (χ3n) is 4.70. The van der Waals surface area contributed by atoms with Crippen LogP contribution in [-0.2, 0) is 0 Å². The number of nitriles is 1. The Labute approximate surface area is 168 Å². The highest BCUT2D eigenvalue weighted by molar-refractivity contribution is 6.43. The van der Waals surface area contributed by atoms with Gasteiger partial charge in [-0.15, -0.1) is 0 Å². The Morgan fingerprint density at radius 1 is 1.11 bits per heavy atom. The van der Waals surface area contributed by atoms with Crippen LogP contribution < -0.4 is 4.74 Å². The molecule has 1 unspecified atom stereocenters. The van der Waals surface area contributed by atoms with Gasteiger partial charge in [-0.25, -0.2) is 0 Å². The van der Waals surface area contributed by atoms with E-state index in [9.17, 15) is 10.1 Å². The molecule has 1 aliphatic rings. The highest BCUT2D eigenvalue weighted by atomic mass is 35.5. The fourth-order valence-corrected chi connectivity index (χ4v) is 3.56. The van der Waals surface area contributed by atoms with Crippen LogP contribution in [0.25, 0.3) is 0 Å². The molecule has 2 aromatic rings. The van der Waals surface area contributed by atoms with Crippen LogP contribution in [0, 0.1) is 11.3 Å². The van der Waals surface area contributed by atoms with Crippen molar-refractivity contribution >= 4 is 29.1 Å². The van der Waals surface area contributed by atoms with E-state index in [1.54, 1.807) is 30.2 Å². The normalized spacial score (nSPS) is 15.9. The summed E-state index contributed by atoms with van der Waals surface area (Å²) in [6.07, 6.45) is 0. The van der Waals surface area contributed by atoms with Gasteiger partial charge in [0, 0.05) is 26.2 Å². The van der Waals surface area contributed by atoms with Gasteiger partial charge in [-0.05, 0) is 29.8 Å². The molecule has 3 rings (SSSR count). The van der Waals surface area contributed by atoms with Crippen molar-refractivity contribution in [2.75, 3.05) is 33.3 Å². The van der Waals surface area contributed by atoms with Crippen molar-refractivity contribution in [2.24, 2.45) is 0 Å². The first-order valence-electron chi connectivity index (χ1n) is 8.56. The number of halogens is 2. The molecule has 1 saturated heterocycles. The second-order valence-corrected chi connectivity index (χ2v) is 7.02. The molecule has 5 nitrogen and oxygen atoms in total. The molecule has 27 heavy (non-hydrogen) atoms. The molecule has 7 heteroatoms. The van der Waals surface area contributed by atoms with E-state index in [0.717, 1.165) is 11.3 Å². The van der Waals surface area contributed by atoms with Crippen LogP contribution in [0.1, 0.15) is 22.0 Å². The van der Waals surface area contributed by atoms with Gasteiger partial charge in [0.25, 0.3) is 5.91 Å². The standard InChI is InChI=1S/C20H19Cl2N3O2/c1-27-15-7-5-14(6-8-15)18(13-23)24-9-11-25(12-10-24)20(26)16-3-2-4-17(21)19(16)22/h2-8,18H,9-12H2,1H3. The third-order valence-corrected chi connectivity index (χ3v) is 5.52. The van der Waals surface area contributed by atoms with Crippen LogP contribution >= 0.6 is 23.2 Å². The average Bonchev–Trinajstić information content (AvgIpc) is 2.71. The summed E-state index contributed by atoms with van der Waals surface area (Å²) >= 11 is 12.2. The molecule has 0 spiro atoms. The number of hydrogen-bond acceptors (Lipinski definition) is 4. The lowest BCUT2D eigenvalue weighted by Gasteiger charge is -2.37. The van der Waals surface area contributed by atoms with Crippen molar-refractivity contribution < 1.29 is 9.53 Å². The first-order valence-corrected chi connectivity index (χ1v) is 9.31. The summed E-state index contributed by atoms with van der Waals surface area (Å²) < 4.78 is 5.17. The molecule has 1 heterocycles.